The second-order valence-corrected chi connectivity index (χ2v) is 6.32. The largest absolute Gasteiger partial charge is 0.369 e. The van der Waals surface area contributed by atoms with E-state index >= 15 is 0 Å². The van der Waals surface area contributed by atoms with E-state index in [1.807, 2.05) is 6.92 Å². The molecule has 0 aliphatic carbocycles. The van der Waals surface area contributed by atoms with Crippen molar-refractivity contribution < 1.29 is 18.4 Å². The lowest BCUT2D eigenvalue weighted by atomic mass is 9.75. The summed E-state index contributed by atoms with van der Waals surface area (Å²) in [6.07, 6.45) is 3.79. The Hall–Kier alpha value is -1.96. The van der Waals surface area contributed by atoms with Crippen molar-refractivity contribution in [2.45, 2.75) is 25.0 Å². The van der Waals surface area contributed by atoms with Crippen molar-refractivity contribution in [3.05, 3.63) is 59.2 Å². The van der Waals surface area contributed by atoms with E-state index in [2.05, 4.69) is 15.4 Å². The monoisotopic (exact) mass is 333 g/mol. The molecule has 2 aromatic rings. The minimum Gasteiger partial charge on any atom is -0.369 e. The van der Waals surface area contributed by atoms with Gasteiger partial charge in [-0.15, -0.1) is 0 Å². The van der Waals surface area contributed by atoms with E-state index in [1.165, 1.54) is 12.1 Å². The van der Waals surface area contributed by atoms with Gasteiger partial charge in [0.1, 0.15) is 17.7 Å². The molecule has 0 spiro atoms. The molecule has 3 heterocycles. The highest BCUT2D eigenvalue weighted by molar-refractivity contribution is 5.30. The van der Waals surface area contributed by atoms with Crippen LogP contribution in [0.15, 0.2) is 30.6 Å². The molecular formula is C17H17F2N3O2. The summed E-state index contributed by atoms with van der Waals surface area (Å²) in [5, 5.41) is 0. The number of benzene rings is 1. The molecule has 0 saturated carbocycles. The Morgan fingerprint density at radius 2 is 2.12 bits per heavy atom. The highest BCUT2D eigenvalue weighted by Gasteiger charge is 2.51. The molecule has 3 atom stereocenters. The fourth-order valence-electron chi connectivity index (χ4n) is 3.45. The number of halogens is 2. The van der Waals surface area contributed by atoms with E-state index in [0.717, 1.165) is 17.5 Å². The van der Waals surface area contributed by atoms with Crippen LogP contribution in [0.4, 0.5) is 8.78 Å². The molecular weight excluding hydrogens is 316 g/mol. The average Bonchev–Trinajstić information content (AvgIpc) is 2.99. The molecule has 24 heavy (non-hydrogen) atoms. The normalized spacial score (nSPS) is 29.5. The number of aryl methyl sites for hydroxylation is 1. The van der Waals surface area contributed by atoms with E-state index in [9.17, 15) is 8.78 Å². The summed E-state index contributed by atoms with van der Waals surface area (Å²) in [5.74, 6) is -1.22. The summed E-state index contributed by atoms with van der Waals surface area (Å²) in [4.78, 5) is 14.0. The Morgan fingerprint density at radius 1 is 1.25 bits per heavy atom. The number of hydroxylamine groups is 1. The number of aromatic nitrogens is 2. The highest BCUT2D eigenvalue weighted by Crippen LogP contribution is 2.45. The molecule has 1 N–H and O–H groups in total. The van der Waals surface area contributed by atoms with Gasteiger partial charge in [-0.05, 0) is 19.4 Å². The third-order valence-electron chi connectivity index (χ3n) is 4.79. The predicted octanol–water partition coefficient (Wildman–Crippen LogP) is 2.57. The maximum atomic E-state index is 14.3. The van der Waals surface area contributed by atoms with Crippen LogP contribution < -0.4 is 5.48 Å². The molecule has 3 unspecified atom stereocenters. The van der Waals surface area contributed by atoms with Gasteiger partial charge in [0.25, 0.3) is 0 Å². The average molecular weight is 333 g/mol. The van der Waals surface area contributed by atoms with Gasteiger partial charge in [0.05, 0.1) is 36.3 Å². The van der Waals surface area contributed by atoms with Crippen molar-refractivity contribution in [2.24, 2.45) is 5.92 Å². The van der Waals surface area contributed by atoms with E-state index in [4.69, 9.17) is 9.57 Å². The summed E-state index contributed by atoms with van der Waals surface area (Å²) < 4.78 is 33.5. The third-order valence-corrected chi connectivity index (χ3v) is 4.79. The maximum absolute atomic E-state index is 14.3. The topological polar surface area (TPSA) is 56.3 Å². The number of nitrogens with zero attached hydrogens (tertiary/aromatic N) is 2. The number of rotatable bonds is 2. The number of hydrogen-bond donors (Lipinski definition) is 1. The zero-order valence-electron chi connectivity index (χ0n) is 13.1. The quantitative estimate of drug-likeness (QED) is 0.915. The van der Waals surface area contributed by atoms with E-state index in [1.54, 1.807) is 12.4 Å². The minimum absolute atomic E-state index is 0.0145. The molecule has 2 aliphatic rings. The zero-order chi connectivity index (χ0) is 16.7. The fraction of sp³-hybridized carbons (Fsp3) is 0.412. The molecule has 5 nitrogen and oxygen atoms in total. The second kappa shape index (κ2) is 5.84. The van der Waals surface area contributed by atoms with Crippen LogP contribution in [0.3, 0.4) is 0 Å². The first kappa shape index (κ1) is 15.6. The summed E-state index contributed by atoms with van der Waals surface area (Å²) in [6, 6.07) is 3.59. The van der Waals surface area contributed by atoms with Gasteiger partial charge in [0, 0.05) is 23.7 Å². The van der Waals surface area contributed by atoms with Gasteiger partial charge < -0.3 is 9.57 Å². The van der Waals surface area contributed by atoms with Gasteiger partial charge in [-0.2, -0.15) is 5.48 Å². The fourth-order valence-corrected chi connectivity index (χ4v) is 3.45. The first-order valence-electron chi connectivity index (χ1n) is 7.83. The third kappa shape index (κ3) is 2.49. The lowest BCUT2D eigenvalue weighted by Gasteiger charge is -2.40. The standard InChI is InChI=1S/C17H17F2N3O2/c1-10-6-21-15(7-20-10)16-4-11-8-24-22-17(11,9-23-16)13-3-2-12(18)5-14(13)19/h2-3,5-7,11,16,22H,4,8-9H2,1H3. The summed E-state index contributed by atoms with van der Waals surface area (Å²) in [7, 11) is 0. The molecule has 4 rings (SSSR count). The van der Waals surface area contributed by atoms with Crippen LogP contribution in [0.1, 0.15) is 29.5 Å². The van der Waals surface area contributed by atoms with E-state index < -0.39 is 17.2 Å². The molecule has 1 aromatic heterocycles. The van der Waals surface area contributed by atoms with Gasteiger partial charge in [-0.1, -0.05) is 6.07 Å². The minimum atomic E-state index is -0.813. The van der Waals surface area contributed by atoms with E-state index in [-0.39, 0.29) is 18.6 Å². The molecule has 1 aromatic carbocycles. The summed E-state index contributed by atoms with van der Waals surface area (Å²) in [6.45, 7) is 2.51. The Kier molecular flexibility index (Phi) is 3.79. The van der Waals surface area contributed by atoms with Crippen molar-refractivity contribution in [1.29, 1.82) is 0 Å². The maximum Gasteiger partial charge on any atom is 0.131 e. The molecule has 0 amide bonds. The zero-order valence-corrected chi connectivity index (χ0v) is 13.1. The summed E-state index contributed by atoms with van der Waals surface area (Å²) in [5.41, 5.74) is 4.04. The number of fused-ring (bicyclic) bond motifs is 1. The van der Waals surface area contributed by atoms with Crippen LogP contribution in [-0.2, 0) is 15.1 Å². The van der Waals surface area contributed by atoms with Gasteiger partial charge in [0.2, 0.25) is 0 Å². The van der Waals surface area contributed by atoms with Gasteiger partial charge in [0.15, 0.2) is 0 Å². The number of ether oxygens (including phenoxy) is 1. The Morgan fingerprint density at radius 3 is 2.88 bits per heavy atom. The summed E-state index contributed by atoms with van der Waals surface area (Å²) >= 11 is 0. The first-order valence-corrected chi connectivity index (χ1v) is 7.83. The second-order valence-electron chi connectivity index (χ2n) is 6.32. The van der Waals surface area contributed by atoms with Crippen LogP contribution in [0, 0.1) is 24.5 Å². The van der Waals surface area contributed by atoms with Crippen molar-refractivity contribution in [3.63, 3.8) is 0 Å². The Balaban J connectivity index is 1.63. The van der Waals surface area contributed by atoms with Gasteiger partial charge in [-0.3, -0.25) is 9.97 Å². The molecule has 126 valence electrons. The lowest BCUT2D eigenvalue weighted by Crippen LogP contribution is -2.50. The van der Waals surface area contributed by atoms with Crippen LogP contribution in [-0.4, -0.2) is 23.2 Å². The van der Waals surface area contributed by atoms with Crippen LogP contribution in [0.5, 0.6) is 0 Å². The van der Waals surface area contributed by atoms with E-state index in [0.29, 0.717) is 18.6 Å². The Labute approximate surface area is 138 Å². The predicted molar refractivity (Wildman–Crippen MR) is 80.7 cm³/mol. The van der Waals surface area contributed by atoms with Crippen molar-refractivity contribution in [2.75, 3.05) is 13.2 Å². The van der Waals surface area contributed by atoms with Gasteiger partial charge in [-0.25, -0.2) is 8.78 Å². The van der Waals surface area contributed by atoms with Crippen LogP contribution >= 0.6 is 0 Å². The van der Waals surface area contributed by atoms with Crippen molar-refractivity contribution >= 4 is 0 Å². The highest BCUT2D eigenvalue weighted by atomic mass is 19.1. The van der Waals surface area contributed by atoms with Gasteiger partial charge >= 0.3 is 0 Å². The molecule has 2 aliphatic heterocycles. The van der Waals surface area contributed by atoms with Crippen LogP contribution in [0.25, 0.3) is 0 Å². The molecule has 0 bridgehead atoms. The smallest absolute Gasteiger partial charge is 0.131 e. The molecule has 7 heteroatoms. The Bertz CT molecular complexity index is 756. The first-order chi connectivity index (χ1) is 11.6. The number of hydrogen-bond acceptors (Lipinski definition) is 5. The van der Waals surface area contributed by atoms with Crippen LogP contribution in [0.2, 0.25) is 0 Å². The SMILES string of the molecule is Cc1cnc(C2CC3CONC3(c3ccc(F)cc3F)CO2)cn1. The number of nitrogens with one attached hydrogen (secondary N) is 1. The lowest BCUT2D eigenvalue weighted by molar-refractivity contribution is -0.0726. The molecule has 2 fully saturated rings. The molecule has 2 saturated heterocycles. The van der Waals surface area contributed by atoms with Crippen molar-refractivity contribution in [1.82, 2.24) is 15.4 Å². The molecule has 0 radical (unpaired) electrons. The van der Waals surface area contributed by atoms with Crippen molar-refractivity contribution in [3.8, 4) is 0 Å².